The summed E-state index contributed by atoms with van der Waals surface area (Å²) in [7, 11) is 0. The minimum absolute atomic E-state index is 0.0168. The van der Waals surface area contributed by atoms with Gasteiger partial charge in [-0.25, -0.2) is 4.39 Å². The van der Waals surface area contributed by atoms with Gasteiger partial charge in [0.1, 0.15) is 11.9 Å². The standard InChI is InChI=1S/C15H12F4OS/c1-9-2-7-13(16)12(8-9)14(20)10-3-5-11(6-4-10)21-15(17,18)19/h2-8,14,20H,1H3. The molecule has 2 aromatic carbocycles. The van der Waals surface area contributed by atoms with Gasteiger partial charge >= 0.3 is 5.51 Å². The molecule has 0 spiro atoms. The van der Waals surface area contributed by atoms with Gasteiger partial charge in [0.05, 0.1) is 0 Å². The van der Waals surface area contributed by atoms with Gasteiger partial charge in [-0.15, -0.1) is 0 Å². The topological polar surface area (TPSA) is 20.2 Å². The number of alkyl halides is 3. The number of rotatable bonds is 3. The molecule has 1 N–H and O–H groups in total. The third-order valence-corrected chi connectivity index (χ3v) is 3.61. The average Bonchev–Trinajstić information content (AvgIpc) is 2.40. The molecule has 0 aliphatic heterocycles. The van der Waals surface area contributed by atoms with Crippen molar-refractivity contribution in [3.05, 3.63) is 65.0 Å². The van der Waals surface area contributed by atoms with Crippen LogP contribution in [0.5, 0.6) is 0 Å². The Morgan fingerprint density at radius 3 is 2.24 bits per heavy atom. The number of hydrogen-bond acceptors (Lipinski definition) is 2. The Morgan fingerprint density at radius 2 is 1.67 bits per heavy atom. The molecule has 0 saturated heterocycles. The Kier molecular flexibility index (Phi) is 4.58. The van der Waals surface area contributed by atoms with Crippen LogP contribution in [0.3, 0.4) is 0 Å². The minimum atomic E-state index is -4.36. The van der Waals surface area contributed by atoms with E-state index in [1.54, 1.807) is 13.0 Å². The van der Waals surface area contributed by atoms with Crippen molar-refractivity contribution < 1.29 is 22.7 Å². The molecule has 0 aliphatic rings. The van der Waals surface area contributed by atoms with Crippen LogP contribution in [-0.4, -0.2) is 10.6 Å². The smallest absolute Gasteiger partial charge is 0.384 e. The van der Waals surface area contributed by atoms with E-state index >= 15 is 0 Å². The highest BCUT2D eigenvalue weighted by atomic mass is 32.2. The summed E-state index contributed by atoms with van der Waals surface area (Å²) in [5.74, 6) is -0.554. The first-order valence-electron chi connectivity index (χ1n) is 6.06. The number of halogens is 4. The Labute approximate surface area is 123 Å². The fourth-order valence-corrected chi connectivity index (χ4v) is 2.44. The van der Waals surface area contributed by atoms with Crippen molar-refractivity contribution in [2.24, 2.45) is 0 Å². The van der Waals surface area contributed by atoms with Crippen molar-refractivity contribution in [2.45, 2.75) is 23.4 Å². The first kappa shape index (κ1) is 15.9. The maximum Gasteiger partial charge on any atom is 0.446 e. The summed E-state index contributed by atoms with van der Waals surface area (Å²) in [5, 5.41) is 10.2. The molecular weight excluding hydrogens is 304 g/mol. The molecule has 1 atom stereocenters. The van der Waals surface area contributed by atoms with Crippen LogP contribution in [0, 0.1) is 12.7 Å². The lowest BCUT2D eigenvalue weighted by Gasteiger charge is -2.14. The van der Waals surface area contributed by atoms with Crippen LogP contribution in [-0.2, 0) is 0 Å². The van der Waals surface area contributed by atoms with Gasteiger partial charge in [-0.05, 0) is 42.4 Å². The predicted octanol–water partition coefficient (Wildman–Crippen LogP) is 4.83. The minimum Gasteiger partial charge on any atom is -0.384 e. The van der Waals surface area contributed by atoms with Crippen molar-refractivity contribution >= 4 is 11.8 Å². The van der Waals surface area contributed by atoms with E-state index < -0.39 is 17.4 Å². The van der Waals surface area contributed by atoms with Gasteiger partial charge in [-0.3, -0.25) is 0 Å². The van der Waals surface area contributed by atoms with E-state index in [-0.39, 0.29) is 22.2 Å². The van der Waals surface area contributed by atoms with Crippen molar-refractivity contribution in [3.8, 4) is 0 Å². The number of thioether (sulfide) groups is 1. The summed E-state index contributed by atoms with van der Waals surface area (Å²) in [4.78, 5) is 0.0168. The zero-order valence-electron chi connectivity index (χ0n) is 11.0. The highest BCUT2D eigenvalue weighted by molar-refractivity contribution is 8.00. The number of aliphatic hydroxyl groups excluding tert-OH is 1. The van der Waals surface area contributed by atoms with Gasteiger partial charge in [0, 0.05) is 10.5 Å². The second kappa shape index (κ2) is 6.07. The van der Waals surface area contributed by atoms with Crippen molar-refractivity contribution in [2.75, 3.05) is 0 Å². The molecule has 0 aliphatic carbocycles. The number of aryl methyl sites for hydroxylation is 1. The number of aliphatic hydroxyl groups is 1. The van der Waals surface area contributed by atoms with Crippen LogP contribution in [0.2, 0.25) is 0 Å². The summed E-state index contributed by atoms with van der Waals surface area (Å²) in [6, 6.07) is 9.57. The van der Waals surface area contributed by atoms with Crippen LogP contribution in [0.15, 0.2) is 47.4 Å². The number of hydrogen-bond donors (Lipinski definition) is 1. The van der Waals surface area contributed by atoms with E-state index in [1.165, 1.54) is 36.4 Å². The molecule has 0 bridgehead atoms. The zero-order valence-corrected chi connectivity index (χ0v) is 11.8. The monoisotopic (exact) mass is 316 g/mol. The maximum absolute atomic E-state index is 13.7. The number of benzene rings is 2. The average molecular weight is 316 g/mol. The Hall–Kier alpha value is -1.53. The van der Waals surface area contributed by atoms with Gasteiger partial charge in [0.2, 0.25) is 0 Å². The SMILES string of the molecule is Cc1ccc(F)c(C(O)c2ccc(SC(F)(F)F)cc2)c1. The van der Waals surface area contributed by atoms with E-state index in [0.717, 1.165) is 5.56 Å². The Morgan fingerprint density at radius 1 is 1.05 bits per heavy atom. The Bertz CT molecular complexity index is 623. The van der Waals surface area contributed by atoms with Crippen molar-refractivity contribution in [1.29, 1.82) is 0 Å². The van der Waals surface area contributed by atoms with Crippen molar-refractivity contribution in [1.82, 2.24) is 0 Å². The first-order chi connectivity index (χ1) is 9.76. The normalized spacial score (nSPS) is 13.2. The largest absolute Gasteiger partial charge is 0.446 e. The molecule has 6 heteroatoms. The third kappa shape index (κ3) is 4.22. The molecule has 112 valence electrons. The quantitative estimate of drug-likeness (QED) is 0.646. The fraction of sp³-hybridized carbons (Fsp3) is 0.200. The predicted molar refractivity (Wildman–Crippen MR) is 73.6 cm³/mol. The fourth-order valence-electron chi connectivity index (χ4n) is 1.90. The van der Waals surface area contributed by atoms with Gasteiger partial charge in [-0.2, -0.15) is 13.2 Å². The molecule has 2 rings (SSSR count). The summed E-state index contributed by atoms with van der Waals surface area (Å²) in [6.45, 7) is 1.76. The summed E-state index contributed by atoms with van der Waals surface area (Å²) >= 11 is -0.233. The molecule has 0 radical (unpaired) electrons. The molecule has 1 nitrogen and oxygen atoms in total. The summed E-state index contributed by atoms with van der Waals surface area (Å²) in [5.41, 5.74) is -3.13. The van der Waals surface area contributed by atoms with Crippen molar-refractivity contribution in [3.63, 3.8) is 0 Å². The van der Waals surface area contributed by atoms with Crippen LogP contribution in [0.1, 0.15) is 22.8 Å². The van der Waals surface area contributed by atoms with Crippen LogP contribution in [0.4, 0.5) is 17.6 Å². The molecule has 1 unspecified atom stereocenters. The first-order valence-corrected chi connectivity index (χ1v) is 6.88. The Balaban J connectivity index is 2.24. The maximum atomic E-state index is 13.7. The van der Waals surface area contributed by atoms with Crippen LogP contribution < -0.4 is 0 Å². The van der Waals surface area contributed by atoms with Crippen LogP contribution >= 0.6 is 11.8 Å². The molecule has 0 aromatic heterocycles. The molecule has 0 saturated carbocycles. The van der Waals surface area contributed by atoms with E-state index in [9.17, 15) is 22.7 Å². The summed E-state index contributed by atoms with van der Waals surface area (Å²) < 4.78 is 50.4. The van der Waals surface area contributed by atoms with Gasteiger partial charge in [-0.1, -0.05) is 29.8 Å². The van der Waals surface area contributed by atoms with E-state index in [0.29, 0.717) is 5.56 Å². The zero-order chi connectivity index (χ0) is 15.6. The van der Waals surface area contributed by atoms with E-state index in [2.05, 4.69) is 0 Å². The second-order valence-electron chi connectivity index (χ2n) is 4.54. The molecule has 21 heavy (non-hydrogen) atoms. The lowest BCUT2D eigenvalue weighted by Crippen LogP contribution is -2.03. The molecule has 0 amide bonds. The van der Waals surface area contributed by atoms with Gasteiger partial charge in [0.25, 0.3) is 0 Å². The molecule has 2 aromatic rings. The lowest BCUT2D eigenvalue weighted by atomic mass is 9.99. The third-order valence-electron chi connectivity index (χ3n) is 2.88. The molecular formula is C15H12F4OS. The molecule has 0 fully saturated rings. The van der Waals surface area contributed by atoms with Crippen LogP contribution in [0.25, 0.3) is 0 Å². The lowest BCUT2D eigenvalue weighted by molar-refractivity contribution is -0.0328. The highest BCUT2D eigenvalue weighted by Gasteiger charge is 2.29. The van der Waals surface area contributed by atoms with E-state index in [4.69, 9.17) is 0 Å². The van der Waals surface area contributed by atoms with E-state index in [1.807, 2.05) is 0 Å². The highest BCUT2D eigenvalue weighted by Crippen LogP contribution is 2.37. The summed E-state index contributed by atoms with van der Waals surface area (Å²) in [6.07, 6.45) is -1.21. The van der Waals surface area contributed by atoms with Gasteiger partial charge in [0.15, 0.2) is 0 Å². The second-order valence-corrected chi connectivity index (χ2v) is 5.68. The molecule has 0 heterocycles. The van der Waals surface area contributed by atoms with Gasteiger partial charge < -0.3 is 5.11 Å².